The molecule has 0 aromatic heterocycles. The number of ether oxygens (including phenoxy) is 9. The molecule has 0 fully saturated rings. The summed E-state index contributed by atoms with van der Waals surface area (Å²) in [5.41, 5.74) is 9.17. The number of hydrogen-bond donors (Lipinski definition) is 0. The van der Waals surface area contributed by atoms with Gasteiger partial charge in [0.25, 0.3) is 10.1 Å². The molecule has 0 saturated heterocycles. The molecule has 0 spiro atoms. The first-order valence-corrected chi connectivity index (χ1v) is 30.1. The van der Waals surface area contributed by atoms with Crippen LogP contribution in [-0.2, 0) is 59.0 Å². The Hall–Kier alpha value is -6.13. The summed E-state index contributed by atoms with van der Waals surface area (Å²) in [6, 6.07) is 54.5. The van der Waals surface area contributed by atoms with Crippen molar-refractivity contribution in [2.24, 2.45) is 0 Å². The van der Waals surface area contributed by atoms with Gasteiger partial charge in [-0.05, 0) is 99.0 Å². The number of aryl methyl sites for hydroxylation is 1. The van der Waals surface area contributed by atoms with Gasteiger partial charge in [-0.15, -0.1) is 0 Å². The summed E-state index contributed by atoms with van der Waals surface area (Å²) in [4.78, 5) is 0.122. The zero-order chi connectivity index (χ0) is 58.4. The van der Waals surface area contributed by atoms with Gasteiger partial charge < -0.3 is 42.6 Å². The lowest BCUT2D eigenvalue weighted by Crippen LogP contribution is -2.31. The number of benzene rings is 7. The van der Waals surface area contributed by atoms with Crippen LogP contribution < -0.4 is 14.2 Å². The molecule has 12 nitrogen and oxygen atoms in total. The highest BCUT2D eigenvalue weighted by molar-refractivity contribution is 7.86. The third kappa shape index (κ3) is 18.2. The van der Waals surface area contributed by atoms with E-state index in [4.69, 9.17) is 46.8 Å². The molecule has 0 amide bonds. The van der Waals surface area contributed by atoms with Crippen LogP contribution in [0.1, 0.15) is 106 Å². The molecule has 7 rings (SSSR count). The van der Waals surface area contributed by atoms with E-state index in [2.05, 4.69) is 152 Å². The van der Waals surface area contributed by atoms with E-state index in [0.717, 1.165) is 33.6 Å². The molecule has 0 bridgehead atoms. The molecule has 82 heavy (non-hydrogen) atoms. The highest BCUT2D eigenvalue weighted by Crippen LogP contribution is 2.47. The standard InChI is InChI=1S/C69H86O12S/c1-52(2)54-18-20-57(21-19-54)69(58-26-22-55(23-27-58)67(4,5)6,59-28-24-56(25-29-59)68(7,8)9)60-30-32-61(33-31-60)78-48-44-74-40-36-72-37-41-75-45-49-79-65-14-10-13-64-63(65)12-11-15-66(64)80-50-46-76-42-38-73-39-43-77-47-51-81-82(70,71)62-34-16-53(3)17-35-62/h10-35,52H,36-51H2,1-9H3. The van der Waals surface area contributed by atoms with E-state index >= 15 is 0 Å². The van der Waals surface area contributed by atoms with Crippen LogP contribution in [0.5, 0.6) is 17.2 Å². The summed E-state index contributed by atoms with van der Waals surface area (Å²) >= 11 is 0. The first-order valence-electron chi connectivity index (χ1n) is 28.7. The van der Waals surface area contributed by atoms with Crippen molar-refractivity contribution in [3.8, 4) is 17.2 Å². The third-order valence-electron chi connectivity index (χ3n) is 14.2. The lowest BCUT2D eigenvalue weighted by molar-refractivity contribution is 0.00504. The Balaban J connectivity index is 0.770. The lowest BCUT2D eigenvalue weighted by atomic mass is 9.64. The second kappa shape index (κ2) is 31.0. The minimum Gasteiger partial charge on any atom is -0.491 e. The molecule has 0 saturated carbocycles. The van der Waals surface area contributed by atoms with Crippen molar-refractivity contribution in [3.05, 3.63) is 202 Å². The van der Waals surface area contributed by atoms with E-state index in [1.807, 2.05) is 43.3 Å². The average Bonchev–Trinajstić information content (AvgIpc) is 3.28. The normalized spacial score (nSPS) is 12.3. The van der Waals surface area contributed by atoms with Crippen molar-refractivity contribution >= 4 is 20.9 Å². The van der Waals surface area contributed by atoms with Crippen molar-refractivity contribution in [1.82, 2.24) is 0 Å². The van der Waals surface area contributed by atoms with Crippen LogP contribution in [0.4, 0.5) is 0 Å². The van der Waals surface area contributed by atoms with E-state index in [9.17, 15) is 8.42 Å². The van der Waals surface area contributed by atoms with Crippen LogP contribution in [0.3, 0.4) is 0 Å². The molecule has 7 aromatic carbocycles. The van der Waals surface area contributed by atoms with Gasteiger partial charge in [-0.1, -0.05) is 182 Å². The average molecular weight is 1140 g/mol. The van der Waals surface area contributed by atoms with Crippen LogP contribution in [0.25, 0.3) is 10.8 Å². The predicted molar refractivity (Wildman–Crippen MR) is 326 cm³/mol. The number of fused-ring (bicyclic) bond motifs is 1. The highest BCUT2D eigenvalue weighted by atomic mass is 32.2. The Morgan fingerprint density at radius 3 is 1.07 bits per heavy atom. The summed E-state index contributed by atoms with van der Waals surface area (Å²) < 4.78 is 82.1. The Labute approximate surface area is 488 Å². The summed E-state index contributed by atoms with van der Waals surface area (Å²) in [5.74, 6) is 2.70. The summed E-state index contributed by atoms with van der Waals surface area (Å²) in [7, 11) is -3.81. The minimum absolute atomic E-state index is 0.0303. The van der Waals surface area contributed by atoms with Gasteiger partial charge in [0, 0.05) is 10.8 Å². The van der Waals surface area contributed by atoms with Crippen molar-refractivity contribution in [3.63, 3.8) is 0 Å². The zero-order valence-corrected chi connectivity index (χ0v) is 50.5. The Kier molecular flexibility index (Phi) is 24.0. The summed E-state index contributed by atoms with van der Waals surface area (Å²) in [6.07, 6.45) is 0. The maximum atomic E-state index is 12.3. The van der Waals surface area contributed by atoms with Crippen molar-refractivity contribution < 1.29 is 55.2 Å². The highest BCUT2D eigenvalue weighted by Gasteiger charge is 2.39. The number of hydrogen-bond acceptors (Lipinski definition) is 12. The quantitative estimate of drug-likeness (QED) is 0.0216. The van der Waals surface area contributed by atoms with Crippen LogP contribution in [0.15, 0.2) is 163 Å². The molecule has 0 aliphatic carbocycles. The maximum absolute atomic E-state index is 12.3. The second-order valence-electron chi connectivity index (χ2n) is 22.6. The van der Waals surface area contributed by atoms with E-state index in [1.54, 1.807) is 12.1 Å². The van der Waals surface area contributed by atoms with Crippen LogP contribution in [-0.4, -0.2) is 114 Å². The first kappa shape index (κ1) is 63.5. The lowest BCUT2D eigenvalue weighted by Gasteiger charge is -2.38. The monoisotopic (exact) mass is 1140 g/mol. The molecule has 0 heterocycles. The molecule has 0 N–H and O–H groups in total. The fourth-order valence-corrected chi connectivity index (χ4v) is 10.5. The smallest absolute Gasteiger partial charge is 0.297 e. The Bertz CT molecular complexity index is 3030. The number of rotatable bonds is 34. The molecule has 7 aromatic rings. The Morgan fingerprint density at radius 2 is 0.695 bits per heavy atom. The van der Waals surface area contributed by atoms with Crippen LogP contribution >= 0.6 is 0 Å². The second-order valence-corrected chi connectivity index (χ2v) is 24.2. The maximum Gasteiger partial charge on any atom is 0.297 e. The third-order valence-corrected chi connectivity index (χ3v) is 15.6. The molecule has 0 aliphatic heterocycles. The zero-order valence-electron chi connectivity index (χ0n) is 49.7. The van der Waals surface area contributed by atoms with Gasteiger partial charge in [0.05, 0.1) is 96.2 Å². The van der Waals surface area contributed by atoms with Gasteiger partial charge in [-0.3, -0.25) is 4.18 Å². The van der Waals surface area contributed by atoms with E-state index < -0.39 is 15.5 Å². The van der Waals surface area contributed by atoms with E-state index in [-0.39, 0.29) is 28.9 Å². The van der Waals surface area contributed by atoms with Gasteiger partial charge in [0.2, 0.25) is 0 Å². The topological polar surface area (TPSA) is 126 Å². The minimum atomic E-state index is -3.81. The molecule has 0 aliphatic rings. The van der Waals surface area contributed by atoms with Gasteiger partial charge in [0.1, 0.15) is 37.1 Å². The predicted octanol–water partition coefficient (Wildman–Crippen LogP) is 13.6. The van der Waals surface area contributed by atoms with Crippen LogP contribution in [0.2, 0.25) is 0 Å². The largest absolute Gasteiger partial charge is 0.491 e. The van der Waals surface area contributed by atoms with Crippen molar-refractivity contribution in [2.45, 2.75) is 89.4 Å². The fraction of sp³-hybridized carbons (Fsp3) is 0.420. The van der Waals surface area contributed by atoms with Crippen molar-refractivity contribution in [1.29, 1.82) is 0 Å². The van der Waals surface area contributed by atoms with Gasteiger partial charge in [-0.25, -0.2) is 0 Å². The molecule has 0 unspecified atom stereocenters. The van der Waals surface area contributed by atoms with Gasteiger partial charge >= 0.3 is 0 Å². The van der Waals surface area contributed by atoms with Gasteiger partial charge in [0.15, 0.2) is 0 Å². The van der Waals surface area contributed by atoms with Crippen LogP contribution in [0, 0.1) is 6.92 Å². The Morgan fingerprint density at radius 1 is 0.366 bits per heavy atom. The fourth-order valence-electron chi connectivity index (χ4n) is 9.56. The molecular formula is C69H86O12S. The molecule has 440 valence electrons. The summed E-state index contributed by atoms with van der Waals surface area (Å²) in [5, 5.41) is 1.89. The van der Waals surface area contributed by atoms with E-state index in [0.29, 0.717) is 98.4 Å². The van der Waals surface area contributed by atoms with E-state index in [1.165, 1.54) is 51.1 Å². The molecule has 13 heteroatoms. The molecule has 0 radical (unpaired) electrons. The SMILES string of the molecule is Cc1ccc(S(=O)(=O)OCCOCCOCCOCCOc2cccc3c(OCCOCCOCCOCCOc4ccc(C(c5ccc(C(C)C)cc5)(c5ccc(C(C)(C)C)cc5)c5ccc(C(C)(C)C)cc5)cc4)cccc23)cc1. The van der Waals surface area contributed by atoms with Gasteiger partial charge in [-0.2, -0.15) is 8.42 Å². The van der Waals surface area contributed by atoms with Crippen molar-refractivity contribution in [2.75, 3.05) is 106 Å². The molecular weight excluding hydrogens is 1050 g/mol. The molecule has 0 atom stereocenters. The summed E-state index contributed by atoms with van der Waals surface area (Å²) in [6.45, 7) is 25.6. The first-order chi connectivity index (χ1) is 39.5.